The number of pyridine rings is 1. The highest BCUT2D eigenvalue weighted by Gasteiger charge is 2.17. The standard InChI is InChI=1S/C9H8ClN3O2/c1-2-15-9(14)7-6-5(10)3-4-11-8(6)13-12-7/h3-4H,2H2,1H3,(H,11,12,13). The van der Waals surface area contributed by atoms with Crippen LogP contribution in [0.15, 0.2) is 12.3 Å². The van der Waals surface area contributed by atoms with Crippen molar-refractivity contribution in [3.8, 4) is 0 Å². The maximum absolute atomic E-state index is 11.5. The van der Waals surface area contributed by atoms with Gasteiger partial charge < -0.3 is 4.74 Å². The van der Waals surface area contributed by atoms with Crippen molar-refractivity contribution in [2.24, 2.45) is 0 Å². The highest BCUT2D eigenvalue weighted by Crippen LogP contribution is 2.23. The van der Waals surface area contributed by atoms with Gasteiger partial charge in [0.05, 0.1) is 17.0 Å². The van der Waals surface area contributed by atoms with Crippen molar-refractivity contribution < 1.29 is 9.53 Å². The number of fused-ring (bicyclic) bond motifs is 1. The molecule has 0 atom stereocenters. The van der Waals surface area contributed by atoms with Gasteiger partial charge in [0.1, 0.15) is 0 Å². The Labute approximate surface area is 90.4 Å². The van der Waals surface area contributed by atoms with Crippen LogP contribution in [-0.2, 0) is 4.74 Å². The highest BCUT2D eigenvalue weighted by molar-refractivity contribution is 6.36. The number of H-pyrrole nitrogens is 1. The lowest BCUT2D eigenvalue weighted by molar-refractivity contribution is 0.0521. The fraction of sp³-hybridized carbons (Fsp3) is 0.222. The zero-order valence-corrected chi connectivity index (χ0v) is 8.71. The Hall–Kier alpha value is -1.62. The van der Waals surface area contributed by atoms with Crippen LogP contribution in [0.5, 0.6) is 0 Å². The maximum Gasteiger partial charge on any atom is 0.357 e. The molecule has 0 saturated heterocycles. The molecule has 2 aromatic rings. The molecule has 0 fully saturated rings. The van der Waals surface area contributed by atoms with E-state index in [0.717, 1.165) is 0 Å². The molecule has 0 aliphatic carbocycles. The third-order valence-corrected chi connectivity index (χ3v) is 2.20. The van der Waals surface area contributed by atoms with Crippen molar-refractivity contribution in [3.05, 3.63) is 23.0 Å². The predicted molar refractivity (Wildman–Crippen MR) is 54.9 cm³/mol. The van der Waals surface area contributed by atoms with Crippen LogP contribution in [0.1, 0.15) is 17.4 Å². The fourth-order valence-corrected chi connectivity index (χ4v) is 1.50. The van der Waals surface area contributed by atoms with Gasteiger partial charge in [0.25, 0.3) is 0 Å². The number of carbonyl (C=O) groups is 1. The third kappa shape index (κ3) is 1.66. The summed E-state index contributed by atoms with van der Waals surface area (Å²) in [6.07, 6.45) is 1.53. The van der Waals surface area contributed by atoms with E-state index in [1.807, 2.05) is 0 Å². The smallest absolute Gasteiger partial charge is 0.357 e. The molecule has 0 aromatic carbocycles. The van der Waals surface area contributed by atoms with Crippen LogP contribution in [0.3, 0.4) is 0 Å². The molecule has 78 valence electrons. The SMILES string of the molecule is CCOC(=O)c1[nH]nc2nccc(Cl)c12. The van der Waals surface area contributed by atoms with E-state index in [1.54, 1.807) is 13.0 Å². The minimum absolute atomic E-state index is 0.241. The second-order valence-corrected chi connectivity index (χ2v) is 3.22. The number of ether oxygens (including phenoxy) is 1. The van der Waals surface area contributed by atoms with Crippen LogP contribution in [0, 0.1) is 0 Å². The maximum atomic E-state index is 11.5. The van der Waals surface area contributed by atoms with E-state index in [-0.39, 0.29) is 5.69 Å². The van der Waals surface area contributed by atoms with Gasteiger partial charge >= 0.3 is 5.97 Å². The third-order valence-electron chi connectivity index (χ3n) is 1.88. The first-order valence-corrected chi connectivity index (χ1v) is 4.77. The molecule has 0 radical (unpaired) electrons. The van der Waals surface area contributed by atoms with Crippen LogP contribution in [0.2, 0.25) is 5.02 Å². The van der Waals surface area contributed by atoms with E-state index in [1.165, 1.54) is 6.20 Å². The fourth-order valence-electron chi connectivity index (χ4n) is 1.26. The molecule has 1 N–H and O–H groups in total. The lowest BCUT2D eigenvalue weighted by Gasteiger charge is -1.99. The molecule has 0 saturated carbocycles. The quantitative estimate of drug-likeness (QED) is 0.792. The minimum Gasteiger partial charge on any atom is -0.461 e. The zero-order chi connectivity index (χ0) is 10.8. The van der Waals surface area contributed by atoms with Gasteiger partial charge in [-0.2, -0.15) is 5.10 Å². The summed E-state index contributed by atoms with van der Waals surface area (Å²) in [6, 6.07) is 1.60. The molecule has 0 aliphatic heterocycles. The Morgan fingerprint density at radius 2 is 2.47 bits per heavy atom. The number of carbonyl (C=O) groups excluding carboxylic acids is 1. The van der Waals surface area contributed by atoms with E-state index in [4.69, 9.17) is 16.3 Å². The number of aromatic amines is 1. The molecular formula is C9H8ClN3O2. The number of nitrogens with one attached hydrogen (secondary N) is 1. The normalized spacial score (nSPS) is 10.5. The summed E-state index contributed by atoms with van der Waals surface area (Å²) in [6.45, 7) is 2.04. The summed E-state index contributed by atoms with van der Waals surface area (Å²) in [5.41, 5.74) is 0.649. The Morgan fingerprint density at radius 3 is 3.20 bits per heavy atom. The lowest BCUT2D eigenvalue weighted by Crippen LogP contribution is -2.05. The molecule has 2 aromatic heterocycles. The van der Waals surface area contributed by atoms with Crippen LogP contribution in [0.4, 0.5) is 0 Å². The van der Waals surface area contributed by atoms with Gasteiger partial charge in [-0.1, -0.05) is 11.6 Å². The predicted octanol–water partition coefficient (Wildman–Crippen LogP) is 1.79. The number of aromatic nitrogens is 3. The first kappa shape index (κ1) is 9.92. The van der Waals surface area contributed by atoms with Gasteiger partial charge in [-0.15, -0.1) is 0 Å². The van der Waals surface area contributed by atoms with Gasteiger partial charge in [0.2, 0.25) is 0 Å². The van der Waals surface area contributed by atoms with Gasteiger partial charge in [-0.05, 0) is 13.0 Å². The topological polar surface area (TPSA) is 67.9 Å². The molecule has 0 aliphatic rings. The van der Waals surface area contributed by atoms with Crippen molar-refractivity contribution in [2.75, 3.05) is 6.61 Å². The van der Waals surface area contributed by atoms with Crippen LogP contribution in [-0.4, -0.2) is 27.8 Å². The molecule has 2 heterocycles. The first-order chi connectivity index (χ1) is 7.24. The Morgan fingerprint density at radius 1 is 1.67 bits per heavy atom. The molecule has 5 nitrogen and oxygen atoms in total. The number of halogens is 1. The molecular weight excluding hydrogens is 218 g/mol. The average molecular weight is 226 g/mol. The van der Waals surface area contributed by atoms with Crippen molar-refractivity contribution in [1.82, 2.24) is 15.2 Å². The molecule has 0 amide bonds. The van der Waals surface area contributed by atoms with Gasteiger partial charge in [-0.25, -0.2) is 9.78 Å². The van der Waals surface area contributed by atoms with E-state index in [0.29, 0.717) is 22.7 Å². The van der Waals surface area contributed by atoms with Crippen LogP contribution < -0.4 is 0 Å². The van der Waals surface area contributed by atoms with Crippen molar-refractivity contribution >= 4 is 28.6 Å². The van der Waals surface area contributed by atoms with Crippen molar-refractivity contribution in [2.45, 2.75) is 6.92 Å². The van der Waals surface area contributed by atoms with Crippen molar-refractivity contribution in [3.63, 3.8) is 0 Å². The highest BCUT2D eigenvalue weighted by atomic mass is 35.5. The minimum atomic E-state index is -0.477. The molecule has 2 rings (SSSR count). The molecule has 0 bridgehead atoms. The second-order valence-electron chi connectivity index (χ2n) is 2.81. The summed E-state index contributed by atoms with van der Waals surface area (Å²) in [5.74, 6) is -0.477. The summed E-state index contributed by atoms with van der Waals surface area (Å²) in [4.78, 5) is 15.5. The van der Waals surface area contributed by atoms with E-state index >= 15 is 0 Å². The molecule has 0 unspecified atom stereocenters. The van der Waals surface area contributed by atoms with E-state index in [2.05, 4.69) is 15.2 Å². The number of hydrogen-bond donors (Lipinski definition) is 1. The number of hydrogen-bond acceptors (Lipinski definition) is 4. The monoisotopic (exact) mass is 225 g/mol. The number of nitrogens with zero attached hydrogens (tertiary/aromatic N) is 2. The molecule has 0 spiro atoms. The molecule has 6 heteroatoms. The summed E-state index contributed by atoms with van der Waals surface area (Å²) >= 11 is 5.94. The Balaban J connectivity index is 2.57. The van der Waals surface area contributed by atoms with Crippen LogP contribution >= 0.6 is 11.6 Å². The van der Waals surface area contributed by atoms with Gasteiger partial charge in [0.15, 0.2) is 11.3 Å². The Bertz CT molecular complexity index is 509. The largest absolute Gasteiger partial charge is 0.461 e. The second kappa shape index (κ2) is 3.86. The summed E-state index contributed by atoms with van der Waals surface area (Å²) in [5, 5.41) is 7.35. The van der Waals surface area contributed by atoms with Crippen molar-refractivity contribution in [1.29, 1.82) is 0 Å². The Kier molecular flexibility index (Phi) is 2.55. The summed E-state index contributed by atoms with van der Waals surface area (Å²) in [7, 11) is 0. The van der Waals surface area contributed by atoms with E-state index in [9.17, 15) is 4.79 Å². The zero-order valence-electron chi connectivity index (χ0n) is 7.95. The lowest BCUT2D eigenvalue weighted by atomic mass is 10.2. The molecule has 15 heavy (non-hydrogen) atoms. The first-order valence-electron chi connectivity index (χ1n) is 4.39. The van der Waals surface area contributed by atoms with E-state index < -0.39 is 5.97 Å². The van der Waals surface area contributed by atoms with Crippen LogP contribution in [0.25, 0.3) is 11.0 Å². The van der Waals surface area contributed by atoms with Gasteiger partial charge in [-0.3, -0.25) is 5.10 Å². The van der Waals surface area contributed by atoms with Gasteiger partial charge in [0, 0.05) is 6.20 Å². The number of esters is 1. The summed E-state index contributed by atoms with van der Waals surface area (Å²) < 4.78 is 4.85. The average Bonchev–Trinajstić information content (AvgIpc) is 2.63. The number of rotatable bonds is 2.